The van der Waals surface area contributed by atoms with Crippen LogP contribution in [0.4, 0.5) is 0 Å². The topological polar surface area (TPSA) is 78.9 Å². The van der Waals surface area contributed by atoms with E-state index in [1.807, 2.05) is 0 Å². The smallest absolute Gasteiger partial charge is 0.327 e. The second-order valence-corrected chi connectivity index (χ2v) is 6.45. The van der Waals surface area contributed by atoms with Crippen molar-refractivity contribution in [2.24, 2.45) is 11.3 Å². The van der Waals surface area contributed by atoms with Gasteiger partial charge in [-0.3, -0.25) is 14.4 Å². The largest absolute Gasteiger partial charge is 0.497 e. The average molecular weight is 358 g/mol. The zero-order valence-corrected chi connectivity index (χ0v) is 15.2. The maximum Gasteiger partial charge on any atom is 0.327 e. The van der Waals surface area contributed by atoms with Crippen LogP contribution in [0.25, 0.3) is 5.57 Å². The number of ketones is 1. The Morgan fingerprint density at radius 1 is 1.12 bits per heavy atom. The monoisotopic (exact) mass is 358 g/mol. The van der Waals surface area contributed by atoms with E-state index in [0.29, 0.717) is 11.3 Å². The molecule has 26 heavy (non-hydrogen) atoms. The van der Waals surface area contributed by atoms with E-state index < -0.39 is 17.4 Å². The highest BCUT2D eigenvalue weighted by atomic mass is 16.6. The molecule has 1 atom stereocenters. The maximum absolute atomic E-state index is 12.6. The van der Waals surface area contributed by atoms with Crippen LogP contribution < -0.4 is 4.74 Å². The summed E-state index contributed by atoms with van der Waals surface area (Å²) in [6.45, 7) is 3.72. The molecule has 0 radical (unpaired) electrons. The summed E-state index contributed by atoms with van der Waals surface area (Å²) >= 11 is 0. The Kier molecular flexibility index (Phi) is 4.85. The van der Waals surface area contributed by atoms with E-state index in [0.717, 1.165) is 11.1 Å². The molecule has 2 aliphatic carbocycles. The Bertz CT molecular complexity index is 773. The number of allylic oxidation sites excluding steroid dienone is 1. The van der Waals surface area contributed by atoms with Crippen LogP contribution in [0.1, 0.15) is 42.6 Å². The summed E-state index contributed by atoms with van der Waals surface area (Å²) in [5.74, 6) is -0.885. The Labute approximate surface area is 152 Å². The van der Waals surface area contributed by atoms with E-state index >= 15 is 0 Å². The Morgan fingerprint density at radius 2 is 1.77 bits per heavy atom. The molecule has 0 aromatic heterocycles. The number of rotatable bonds is 5. The van der Waals surface area contributed by atoms with Crippen molar-refractivity contribution in [1.29, 1.82) is 0 Å². The number of carbonyl (C=O) groups excluding carboxylic acids is 3. The normalized spacial score (nSPS) is 19.9. The summed E-state index contributed by atoms with van der Waals surface area (Å²) in [5.41, 5.74) is 0.620. The average Bonchev–Trinajstić information content (AvgIpc) is 3.03. The van der Waals surface area contributed by atoms with Crippen LogP contribution in [0.2, 0.25) is 0 Å². The van der Waals surface area contributed by atoms with Crippen molar-refractivity contribution in [3.8, 4) is 5.75 Å². The zero-order chi connectivity index (χ0) is 18.9. The van der Waals surface area contributed by atoms with E-state index in [4.69, 9.17) is 14.2 Å². The van der Waals surface area contributed by atoms with Crippen molar-refractivity contribution in [2.75, 3.05) is 20.3 Å². The maximum atomic E-state index is 12.6. The summed E-state index contributed by atoms with van der Waals surface area (Å²) in [7, 11) is 1.54. The number of Topliss-reactive ketones (excluding diaryl/α,β-unsaturated/α-hetero) is 1. The molecule has 0 aliphatic heterocycles. The van der Waals surface area contributed by atoms with Gasteiger partial charge >= 0.3 is 11.9 Å². The predicted molar refractivity (Wildman–Crippen MR) is 93.7 cm³/mol. The molecule has 1 aromatic rings. The van der Waals surface area contributed by atoms with E-state index in [9.17, 15) is 14.4 Å². The lowest BCUT2D eigenvalue weighted by Gasteiger charge is -2.25. The van der Waals surface area contributed by atoms with Gasteiger partial charge in [0, 0.05) is 12.0 Å². The summed E-state index contributed by atoms with van der Waals surface area (Å²) in [4.78, 5) is 37.9. The molecule has 138 valence electrons. The predicted octanol–water partition coefficient (Wildman–Crippen LogP) is 2.80. The molecule has 3 rings (SSSR count). The fourth-order valence-corrected chi connectivity index (χ4v) is 3.77. The molecule has 0 saturated heterocycles. The number of fused-ring (bicyclic) bond motifs is 3. The molecule has 0 amide bonds. The molecule has 6 nitrogen and oxygen atoms in total. The Balaban J connectivity index is 2.10. The lowest BCUT2D eigenvalue weighted by Crippen LogP contribution is -2.39. The first kappa shape index (κ1) is 18.2. The molecule has 6 heteroatoms. The molecule has 2 aliphatic rings. The quantitative estimate of drug-likeness (QED) is 0.595. The SMILES string of the molecule is CCOC(=O)C1(C(=O)OCC)C=C2c3ccc(OC)cc3C(=O)CC2C1. The third-order valence-corrected chi connectivity index (χ3v) is 4.96. The van der Waals surface area contributed by atoms with Gasteiger partial charge in [-0.25, -0.2) is 0 Å². The van der Waals surface area contributed by atoms with E-state index in [1.54, 1.807) is 45.2 Å². The summed E-state index contributed by atoms with van der Waals surface area (Å²) in [5, 5.41) is 0. The van der Waals surface area contributed by atoms with E-state index in [1.165, 1.54) is 0 Å². The zero-order valence-electron chi connectivity index (χ0n) is 15.2. The van der Waals surface area contributed by atoms with Gasteiger partial charge in [-0.2, -0.15) is 0 Å². The number of benzene rings is 1. The third-order valence-electron chi connectivity index (χ3n) is 4.96. The first-order valence-corrected chi connectivity index (χ1v) is 8.75. The summed E-state index contributed by atoms with van der Waals surface area (Å²) in [6, 6.07) is 5.27. The number of carbonyl (C=O) groups is 3. The second-order valence-electron chi connectivity index (χ2n) is 6.45. The number of hydrogen-bond acceptors (Lipinski definition) is 6. The van der Waals surface area contributed by atoms with E-state index in [2.05, 4.69) is 0 Å². The molecule has 1 unspecified atom stereocenters. The van der Waals surface area contributed by atoms with Crippen molar-refractivity contribution in [3.63, 3.8) is 0 Å². The lowest BCUT2D eigenvalue weighted by atomic mass is 9.78. The molecule has 1 aromatic carbocycles. The van der Waals surface area contributed by atoms with Gasteiger partial charge in [-0.1, -0.05) is 12.1 Å². The van der Waals surface area contributed by atoms with Crippen LogP contribution in [0.15, 0.2) is 24.3 Å². The molecule has 0 N–H and O–H groups in total. The fourth-order valence-electron chi connectivity index (χ4n) is 3.77. The molecule has 0 fully saturated rings. The van der Waals surface area contributed by atoms with Crippen LogP contribution in [0.5, 0.6) is 5.75 Å². The van der Waals surface area contributed by atoms with Crippen molar-refractivity contribution in [3.05, 3.63) is 35.4 Å². The van der Waals surface area contributed by atoms with Gasteiger partial charge in [0.1, 0.15) is 5.75 Å². The lowest BCUT2D eigenvalue weighted by molar-refractivity contribution is -0.168. The van der Waals surface area contributed by atoms with Gasteiger partial charge in [-0.15, -0.1) is 0 Å². The first-order valence-electron chi connectivity index (χ1n) is 8.75. The highest BCUT2D eigenvalue weighted by Crippen LogP contribution is 2.51. The van der Waals surface area contributed by atoms with Gasteiger partial charge in [-0.05, 0) is 49.5 Å². The number of esters is 2. The van der Waals surface area contributed by atoms with Crippen LogP contribution in [-0.2, 0) is 19.1 Å². The van der Waals surface area contributed by atoms with Crippen LogP contribution >= 0.6 is 0 Å². The van der Waals surface area contributed by atoms with Gasteiger partial charge in [0.15, 0.2) is 11.2 Å². The van der Waals surface area contributed by atoms with Crippen LogP contribution in [0, 0.1) is 11.3 Å². The second kappa shape index (κ2) is 6.94. The van der Waals surface area contributed by atoms with Crippen LogP contribution in [-0.4, -0.2) is 38.0 Å². The van der Waals surface area contributed by atoms with Gasteiger partial charge < -0.3 is 14.2 Å². The minimum atomic E-state index is -1.49. The Hall–Kier alpha value is -2.63. The Morgan fingerprint density at radius 3 is 2.35 bits per heavy atom. The standard InChI is InChI=1S/C20H22O6/c1-4-25-18(22)20(19(23)26-5-2)10-12-8-17(21)15-9-13(24-3)6-7-14(15)16(12)11-20/h6-7,9,11-12H,4-5,8,10H2,1-3H3. The van der Waals surface area contributed by atoms with Crippen molar-refractivity contribution in [1.82, 2.24) is 0 Å². The number of hydrogen-bond donors (Lipinski definition) is 0. The highest BCUT2D eigenvalue weighted by Gasteiger charge is 2.54. The fraction of sp³-hybridized carbons (Fsp3) is 0.450. The minimum absolute atomic E-state index is 0.0235. The van der Waals surface area contributed by atoms with E-state index in [-0.39, 0.29) is 37.8 Å². The van der Waals surface area contributed by atoms with Gasteiger partial charge in [0.25, 0.3) is 0 Å². The van der Waals surface area contributed by atoms with Gasteiger partial charge in [0.2, 0.25) is 0 Å². The summed E-state index contributed by atoms with van der Waals surface area (Å²) in [6.07, 6.45) is 2.08. The van der Waals surface area contributed by atoms with Crippen molar-refractivity contribution in [2.45, 2.75) is 26.7 Å². The molecule has 0 bridgehead atoms. The van der Waals surface area contributed by atoms with Crippen LogP contribution in [0.3, 0.4) is 0 Å². The molecular formula is C20H22O6. The van der Waals surface area contributed by atoms with Crippen molar-refractivity contribution < 1.29 is 28.6 Å². The summed E-state index contributed by atoms with van der Waals surface area (Å²) < 4.78 is 15.5. The first-order chi connectivity index (χ1) is 12.5. The number of ether oxygens (including phenoxy) is 3. The van der Waals surface area contributed by atoms with Gasteiger partial charge in [0.05, 0.1) is 20.3 Å². The molecule has 0 saturated carbocycles. The third kappa shape index (κ3) is 2.79. The minimum Gasteiger partial charge on any atom is -0.497 e. The molecule has 0 heterocycles. The molecular weight excluding hydrogens is 336 g/mol. The highest BCUT2D eigenvalue weighted by molar-refractivity contribution is 6.10. The molecule has 0 spiro atoms. The number of methoxy groups -OCH3 is 1. The van der Waals surface area contributed by atoms with Crippen molar-refractivity contribution >= 4 is 23.3 Å².